The molecule has 1 aromatic carbocycles. The summed E-state index contributed by atoms with van der Waals surface area (Å²) in [5.74, 6) is -0.255. The first-order chi connectivity index (χ1) is 13.7. The second kappa shape index (κ2) is 6.92. The Morgan fingerprint density at radius 1 is 1.07 bits per heavy atom. The molecule has 4 rings (SSSR count). The lowest BCUT2D eigenvalue weighted by Crippen LogP contribution is -2.20. The van der Waals surface area contributed by atoms with Crippen molar-refractivity contribution < 1.29 is 14.3 Å². The first-order valence-corrected chi connectivity index (χ1v) is 9.33. The number of fused-ring (bicyclic) bond motifs is 1. The minimum absolute atomic E-state index is 0.118. The molecule has 0 atom stereocenters. The van der Waals surface area contributed by atoms with Crippen molar-refractivity contribution in [3.63, 3.8) is 0 Å². The molecule has 148 valence electrons. The topological polar surface area (TPSA) is 79.2 Å². The zero-order chi connectivity index (χ0) is 20.8. The molecule has 1 N–H and O–H groups in total. The van der Waals surface area contributed by atoms with Crippen LogP contribution < -0.4 is 4.90 Å². The van der Waals surface area contributed by atoms with E-state index in [1.807, 2.05) is 11.1 Å². The molecule has 1 aliphatic heterocycles. The fraction of sp³-hybridized carbons (Fsp3) is 0.273. The average molecular weight is 392 g/mol. The van der Waals surface area contributed by atoms with Gasteiger partial charge in [0.1, 0.15) is 23.0 Å². The maximum Gasteiger partial charge on any atom is 0.339 e. The number of aromatic nitrogens is 3. The molecule has 7 heteroatoms. The Morgan fingerprint density at radius 2 is 1.79 bits per heavy atom. The number of hydrogen-bond acceptors (Lipinski definition) is 5. The van der Waals surface area contributed by atoms with Gasteiger partial charge in [0.2, 0.25) is 0 Å². The second-order valence-electron chi connectivity index (χ2n) is 8.15. The molecule has 0 spiro atoms. The third kappa shape index (κ3) is 3.68. The van der Waals surface area contributed by atoms with Crippen molar-refractivity contribution >= 4 is 11.8 Å². The summed E-state index contributed by atoms with van der Waals surface area (Å²) in [5, 5.41) is 9.65. The highest BCUT2D eigenvalue weighted by molar-refractivity contribution is 5.94. The molecule has 29 heavy (non-hydrogen) atoms. The summed E-state index contributed by atoms with van der Waals surface area (Å²) in [5.41, 5.74) is 3.10. The van der Waals surface area contributed by atoms with Crippen LogP contribution in [0.5, 0.6) is 0 Å². The van der Waals surface area contributed by atoms with E-state index in [9.17, 15) is 14.3 Å². The number of pyridine rings is 1. The van der Waals surface area contributed by atoms with Gasteiger partial charge in [-0.15, -0.1) is 0 Å². The molecular formula is C22H21FN4O2. The molecule has 0 radical (unpaired) electrons. The Kier molecular flexibility index (Phi) is 4.53. The van der Waals surface area contributed by atoms with Crippen LogP contribution in [0.25, 0.3) is 11.3 Å². The van der Waals surface area contributed by atoms with E-state index in [2.05, 4.69) is 30.7 Å². The molecule has 2 aromatic heterocycles. The van der Waals surface area contributed by atoms with Crippen molar-refractivity contribution in [2.75, 3.05) is 4.90 Å². The predicted molar refractivity (Wildman–Crippen MR) is 107 cm³/mol. The van der Waals surface area contributed by atoms with Crippen LogP contribution in [0.1, 0.15) is 48.2 Å². The number of carbonyl (C=O) groups is 1. The SMILES string of the molecule is CC(C)(C)c1ncc2c(n1)CN(c1nc(-c3ccc(F)cc3)ccc1C(=O)O)C2. The van der Waals surface area contributed by atoms with E-state index in [1.165, 1.54) is 12.1 Å². The first kappa shape index (κ1) is 19.0. The highest BCUT2D eigenvalue weighted by Gasteiger charge is 2.28. The highest BCUT2D eigenvalue weighted by Crippen LogP contribution is 2.31. The number of anilines is 1. The molecule has 1 aliphatic rings. The van der Waals surface area contributed by atoms with Gasteiger partial charge in [0.25, 0.3) is 0 Å². The van der Waals surface area contributed by atoms with Crippen molar-refractivity contribution in [1.82, 2.24) is 15.0 Å². The predicted octanol–water partition coefficient (Wildman–Crippen LogP) is 4.19. The van der Waals surface area contributed by atoms with Crippen LogP contribution in [0.15, 0.2) is 42.6 Å². The standard InChI is InChI=1S/C22H21FN4O2/c1-22(2,3)21-24-10-14-11-27(12-18(14)26-21)19-16(20(28)29)8-9-17(25-19)13-4-6-15(23)7-5-13/h4-10H,11-12H2,1-3H3,(H,28,29). The van der Waals surface area contributed by atoms with Gasteiger partial charge in [0, 0.05) is 29.3 Å². The monoisotopic (exact) mass is 392 g/mol. The molecule has 3 heterocycles. The number of rotatable bonds is 3. The van der Waals surface area contributed by atoms with Crippen LogP contribution in [0.3, 0.4) is 0 Å². The van der Waals surface area contributed by atoms with Gasteiger partial charge in [-0.1, -0.05) is 20.8 Å². The van der Waals surface area contributed by atoms with Gasteiger partial charge in [-0.2, -0.15) is 0 Å². The van der Waals surface area contributed by atoms with Gasteiger partial charge >= 0.3 is 5.97 Å². The fourth-order valence-corrected chi connectivity index (χ4v) is 3.30. The van der Waals surface area contributed by atoms with E-state index >= 15 is 0 Å². The molecule has 3 aromatic rings. The van der Waals surface area contributed by atoms with Crippen molar-refractivity contribution in [3.05, 3.63) is 71.1 Å². The number of nitrogens with zero attached hydrogens (tertiary/aromatic N) is 4. The fourth-order valence-electron chi connectivity index (χ4n) is 3.30. The average Bonchev–Trinajstić information content (AvgIpc) is 3.10. The largest absolute Gasteiger partial charge is 0.478 e. The molecular weight excluding hydrogens is 371 g/mol. The van der Waals surface area contributed by atoms with E-state index in [0.29, 0.717) is 24.6 Å². The summed E-state index contributed by atoms with van der Waals surface area (Å²) < 4.78 is 13.2. The lowest BCUT2D eigenvalue weighted by Gasteiger charge is -2.19. The number of halogens is 1. The molecule has 0 saturated carbocycles. The van der Waals surface area contributed by atoms with Crippen molar-refractivity contribution in [3.8, 4) is 11.3 Å². The number of hydrogen-bond donors (Lipinski definition) is 1. The Bertz CT molecular complexity index is 1090. The lowest BCUT2D eigenvalue weighted by atomic mass is 9.95. The molecule has 0 bridgehead atoms. The molecule has 0 saturated heterocycles. The normalized spacial score (nSPS) is 13.4. The third-order valence-corrected chi connectivity index (χ3v) is 4.87. The van der Waals surface area contributed by atoms with Crippen LogP contribution in [0, 0.1) is 5.82 Å². The molecule has 0 fully saturated rings. The maximum atomic E-state index is 13.2. The molecule has 0 unspecified atom stereocenters. The van der Waals surface area contributed by atoms with Gasteiger partial charge in [0.05, 0.1) is 17.9 Å². The van der Waals surface area contributed by atoms with E-state index in [0.717, 1.165) is 22.6 Å². The van der Waals surface area contributed by atoms with Crippen LogP contribution in [-0.4, -0.2) is 26.0 Å². The zero-order valence-electron chi connectivity index (χ0n) is 16.5. The number of carboxylic acid groups (broad SMARTS) is 1. The van der Waals surface area contributed by atoms with E-state index < -0.39 is 5.97 Å². The summed E-state index contributed by atoms with van der Waals surface area (Å²) in [6.07, 6.45) is 1.81. The minimum Gasteiger partial charge on any atom is -0.478 e. The quantitative estimate of drug-likeness (QED) is 0.720. The molecule has 0 amide bonds. The van der Waals surface area contributed by atoms with Crippen molar-refractivity contribution in [1.29, 1.82) is 0 Å². The molecule has 0 aliphatic carbocycles. The van der Waals surface area contributed by atoms with Gasteiger partial charge in [-0.25, -0.2) is 24.1 Å². The lowest BCUT2D eigenvalue weighted by molar-refractivity contribution is 0.0697. The number of benzene rings is 1. The first-order valence-electron chi connectivity index (χ1n) is 9.33. The third-order valence-electron chi connectivity index (χ3n) is 4.87. The van der Waals surface area contributed by atoms with Crippen LogP contribution in [0.4, 0.5) is 10.2 Å². The zero-order valence-corrected chi connectivity index (χ0v) is 16.5. The Labute approximate surface area is 168 Å². The number of aromatic carboxylic acids is 1. The summed E-state index contributed by atoms with van der Waals surface area (Å²) in [7, 11) is 0. The van der Waals surface area contributed by atoms with Crippen LogP contribution >= 0.6 is 0 Å². The van der Waals surface area contributed by atoms with Crippen LogP contribution in [-0.2, 0) is 18.5 Å². The molecule has 6 nitrogen and oxygen atoms in total. The number of carboxylic acids is 1. The van der Waals surface area contributed by atoms with E-state index in [4.69, 9.17) is 4.98 Å². The maximum absolute atomic E-state index is 13.2. The van der Waals surface area contributed by atoms with E-state index in [1.54, 1.807) is 24.3 Å². The van der Waals surface area contributed by atoms with Crippen molar-refractivity contribution in [2.24, 2.45) is 0 Å². The Hall–Kier alpha value is -3.35. The van der Waals surface area contributed by atoms with E-state index in [-0.39, 0.29) is 16.8 Å². The summed E-state index contributed by atoms with van der Waals surface area (Å²) in [4.78, 5) is 27.4. The smallest absolute Gasteiger partial charge is 0.339 e. The highest BCUT2D eigenvalue weighted by atomic mass is 19.1. The van der Waals surface area contributed by atoms with Gasteiger partial charge < -0.3 is 10.0 Å². The minimum atomic E-state index is -1.05. The van der Waals surface area contributed by atoms with Gasteiger partial charge in [-0.3, -0.25) is 0 Å². The Morgan fingerprint density at radius 3 is 2.45 bits per heavy atom. The Balaban J connectivity index is 1.72. The van der Waals surface area contributed by atoms with Crippen molar-refractivity contribution in [2.45, 2.75) is 39.3 Å². The van der Waals surface area contributed by atoms with Crippen LogP contribution in [0.2, 0.25) is 0 Å². The summed E-state index contributed by atoms with van der Waals surface area (Å²) >= 11 is 0. The second-order valence-corrected chi connectivity index (χ2v) is 8.15. The van der Waals surface area contributed by atoms with Gasteiger partial charge in [-0.05, 0) is 36.4 Å². The summed E-state index contributed by atoms with van der Waals surface area (Å²) in [6, 6.07) is 9.15. The van der Waals surface area contributed by atoms with Gasteiger partial charge in [0.15, 0.2) is 0 Å². The summed E-state index contributed by atoms with van der Waals surface area (Å²) in [6.45, 7) is 7.11.